The smallest absolute Gasteiger partial charge is 0.344 e. The van der Waals surface area contributed by atoms with Crippen LogP contribution in [0.4, 0.5) is 11.4 Å². The van der Waals surface area contributed by atoms with Gasteiger partial charge in [-0.1, -0.05) is 36.1 Å². The maximum Gasteiger partial charge on any atom is 0.344 e. The van der Waals surface area contributed by atoms with E-state index in [0.29, 0.717) is 14.8 Å². The van der Waals surface area contributed by atoms with E-state index in [1.807, 2.05) is 0 Å². The predicted octanol–water partition coefficient (Wildman–Crippen LogP) is 3.21. The highest BCUT2D eigenvalue weighted by molar-refractivity contribution is 8.26. The van der Waals surface area contributed by atoms with Gasteiger partial charge in [-0.25, -0.2) is 4.79 Å². The number of nitrogens with zero attached hydrogens (tertiary/aromatic N) is 2. The number of benzene rings is 2. The molecule has 0 bridgehead atoms. The molecule has 146 valence electrons. The van der Waals surface area contributed by atoms with Gasteiger partial charge in [0.2, 0.25) is 0 Å². The molecule has 3 rings (SSSR count). The summed E-state index contributed by atoms with van der Waals surface area (Å²) in [7, 11) is 0. The molecular weight excluding hydrogens is 422 g/mol. The number of rotatable bonds is 5. The Kier molecular flexibility index (Phi) is 5.66. The van der Waals surface area contributed by atoms with Crippen molar-refractivity contribution in [3.63, 3.8) is 0 Å². The Morgan fingerprint density at radius 2 is 1.66 bits per heavy atom. The zero-order chi connectivity index (χ0) is 21.1. The van der Waals surface area contributed by atoms with Crippen molar-refractivity contribution in [3.05, 3.63) is 78.7 Å². The van der Waals surface area contributed by atoms with Crippen molar-refractivity contribution in [1.29, 1.82) is 0 Å². The quantitative estimate of drug-likeness (QED) is 0.188. The Bertz CT molecular complexity index is 1060. The maximum atomic E-state index is 12.3. The van der Waals surface area contributed by atoms with E-state index in [1.54, 1.807) is 18.2 Å². The molecule has 0 aromatic heterocycles. The molecule has 1 heterocycles. The molecule has 1 saturated heterocycles. The lowest BCUT2D eigenvalue weighted by molar-refractivity contribution is -0.394. The van der Waals surface area contributed by atoms with Gasteiger partial charge in [-0.15, -0.1) is 0 Å². The molecular formula is C17H9N3O7S2. The number of hydrogen-bond donors (Lipinski definition) is 1. The van der Waals surface area contributed by atoms with Gasteiger partial charge in [-0.2, -0.15) is 0 Å². The van der Waals surface area contributed by atoms with Gasteiger partial charge in [0.05, 0.1) is 26.4 Å². The van der Waals surface area contributed by atoms with Crippen LogP contribution in [0.15, 0.2) is 47.4 Å². The monoisotopic (exact) mass is 431 g/mol. The number of thioether (sulfide) groups is 1. The first-order valence-electron chi connectivity index (χ1n) is 7.74. The van der Waals surface area contributed by atoms with Gasteiger partial charge in [0, 0.05) is 12.1 Å². The van der Waals surface area contributed by atoms with Crippen molar-refractivity contribution in [2.24, 2.45) is 0 Å². The molecule has 0 saturated carbocycles. The predicted molar refractivity (Wildman–Crippen MR) is 107 cm³/mol. The number of thiocarbonyl (C=S) groups is 1. The van der Waals surface area contributed by atoms with Gasteiger partial charge in [0.25, 0.3) is 17.3 Å². The average molecular weight is 431 g/mol. The van der Waals surface area contributed by atoms with Crippen LogP contribution >= 0.6 is 24.0 Å². The van der Waals surface area contributed by atoms with Crippen molar-refractivity contribution in [3.8, 4) is 5.75 Å². The van der Waals surface area contributed by atoms with Crippen LogP contribution in [-0.2, 0) is 4.79 Å². The number of nitro benzene ring substituents is 2. The fourth-order valence-electron chi connectivity index (χ4n) is 2.29. The number of carbonyl (C=O) groups is 2. The Hall–Kier alpha value is -3.64. The summed E-state index contributed by atoms with van der Waals surface area (Å²) in [5.74, 6) is -1.17. The lowest BCUT2D eigenvalue weighted by Gasteiger charge is -2.05. The minimum absolute atomic E-state index is 0.116. The largest absolute Gasteiger partial charge is 0.423 e. The Balaban J connectivity index is 1.78. The van der Waals surface area contributed by atoms with E-state index < -0.39 is 27.2 Å². The SMILES string of the molecule is O=C1NC(=S)S/C1=C\c1ccc(OC(=O)c2cc([N+](=O)[O-])cc([N+](=O)[O-])c2)cc1. The van der Waals surface area contributed by atoms with E-state index in [-0.39, 0.29) is 17.2 Å². The first-order chi connectivity index (χ1) is 13.7. The summed E-state index contributed by atoms with van der Waals surface area (Å²) in [4.78, 5) is 44.5. The van der Waals surface area contributed by atoms with Crippen molar-refractivity contribution in [2.45, 2.75) is 0 Å². The molecule has 0 unspecified atom stereocenters. The van der Waals surface area contributed by atoms with Crippen molar-refractivity contribution in [2.75, 3.05) is 0 Å². The third-order valence-electron chi connectivity index (χ3n) is 3.59. The highest BCUT2D eigenvalue weighted by Gasteiger charge is 2.22. The van der Waals surface area contributed by atoms with E-state index in [2.05, 4.69) is 5.32 Å². The van der Waals surface area contributed by atoms with Crippen molar-refractivity contribution in [1.82, 2.24) is 5.32 Å². The summed E-state index contributed by atoms with van der Waals surface area (Å²) in [6.07, 6.45) is 1.61. The number of nitro groups is 2. The second kappa shape index (κ2) is 8.16. The normalized spacial score (nSPS) is 14.6. The molecule has 2 aromatic carbocycles. The second-order valence-corrected chi connectivity index (χ2v) is 7.28. The number of esters is 1. The third kappa shape index (κ3) is 4.80. The second-order valence-electron chi connectivity index (χ2n) is 5.56. The number of non-ortho nitro benzene ring substituents is 2. The summed E-state index contributed by atoms with van der Waals surface area (Å²) in [5.41, 5.74) is -0.875. The number of carbonyl (C=O) groups excluding carboxylic acids is 2. The third-order valence-corrected chi connectivity index (χ3v) is 4.75. The molecule has 0 atom stereocenters. The lowest BCUT2D eigenvalue weighted by Crippen LogP contribution is -2.17. The summed E-state index contributed by atoms with van der Waals surface area (Å²) in [5, 5.41) is 24.3. The summed E-state index contributed by atoms with van der Waals surface area (Å²) >= 11 is 6.03. The topological polar surface area (TPSA) is 142 Å². The number of hydrogen-bond acceptors (Lipinski definition) is 9. The molecule has 0 spiro atoms. The molecule has 1 fully saturated rings. The molecule has 1 amide bonds. The zero-order valence-electron chi connectivity index (χ0n) is 14.2. The van der Waals surface area contributed by atoms with Gasteiger partial charge in [-0.3, -0.25) is 25.0 Å². The molecule has 10 nitrogen and oxygen atoms in total. The molecule has 2 aromatic rings. The van der Waals surface area contributed by atoms with Crippen LogP contribution in [0.5, 0.6) is 5.75 Å². The maximum absolute atomic E-state index is 12.3. The average Bonchev–Trinajstić information content (AvgIpc) is 2.99. The van der Waals surface area contributed by atoms with E-state index in [4.69, 9.17) is 17.0 Å². The minimum Gasteiger partial charge on any atom is -0.423 e. The summed E-state index contributed by atoms with van der Waals surface area (Å²) in [6, 6.07) is 8.61. The highest BCUT2D eigenvalue weighted by atomic mass is 32.2. The minimum atomic E-state index is -0.987. The van der Waals surface area contributed by atoms with E-state index >= 15 is 0 Å². The molecule has 29 heavy (non-hydrogen) atoms. The number of nitrogens with one attached hydrogen (secondary N) is 1. The molecule has 0 aliphatic carbocycles. The Morgan fingerprint density at radius 1 is 1.07 bits per heavy atom. The van der Waals surface area contributed by atoms with Gasteiger partial charge in [0.1, 0.15) is 10.1 Å². The number of ether oxygens (including phenoxy) is 1. The standard InChI is InChI=1S/C17H9N3O7S2/c21-15-14(29-17(28)18-15)5-9-1-3-13(4-2-9)27-16(22)10-6-11(19(23)24)8-12(7-10)20(25)26/h1-8H,(H,18,21,28)/b14-5-. The molecule has 1 N–H and O–H groups in total. The van der Waals surface area contributed by atoms with Crippen LogP contribution in [0.1, 0.15) is 15.9 Å². The molecule has 1 aliphatic heterocycles. The fraction of sp³-hybridized carbons (Fsp3) is 0. The van der Waals surface area contributed by atoms with Crippen LogP contribution in [0, 0.1) is 20.2 Å². The number of amides is 1. The summed E-state index contributed by atoms with van der Waals surface area (Å²) < 4.78 is 5.48. The van der Waals surface area contributed by atoms with Gasteiger partial charge < -0.3 is 10.1 Å². The molecule has 0 radical (unpaired) electrons. The Morgan fingerprint density at radius 3 is 2.14 bits per heavy atom. The van der Waals surface area contributed by atoms with E-state index in [0.717, 1.165) is 30.0 Å². The Labute approximate surface area is 171 Å². The zero-order valence-corrected chi connectivity index (χ0v) is 15.8. The van der Waals surface area contributed by atoms with Crippen LogP contribution in [0.3, 0.4) is 0 Å². The van der Waals surface area contributed by atoms with Crippen LogP contribution < -0.4 is 10.1 Å². The van der Waals surface area contributed by atoms with Crippen molar-refractivity contribution < 1.29 is 24.2 Å². The van der Waals surface area contributed by atoms with Crippen LogP contribution in [-0.4, -0.2) is 26.0 Å². The summed E-state index contributed by atoms with van der Waals surface area (Å²) in [6.45, 7) is 0. The van der Waals surface area contributed by atoms with Crippen molar-refractivity contribution >= 4 is 57.6 Å². The highest BCUT2D eigenvalue weighted by Crippen LogP contribution is 2.27. The lowest BCUT2D eigenvalue weighted by atomic mass is 10.1. The van der Waals surface area contributed by atoms with E-state index in [1.165, 1.54) is 12.1 Å². The van der Waals surface area contributed by atoms with Crippen LogP contribution in [0.25, 0.3) is 6.08 Å². The molecule has 1 aliphatic rings. The van der Waals surface area contributed by atoms with E-state index in [9.17, 15) is 29.8 Å². The fourth-order valence-corrected chi connectivity index (χ4v) is 3.34. The first kappa shape index (κ1) is 20.1. The first-order valence-corrected chi connectivity index (χ1v) is 8.96. The van der Waals surface area contributed by atoms with Gasteiger partial charge >= 0.3 is 5.97 Å². The molecule has 12 heteroatoms. The van der Waals surface area contributed by atoms with Gasteiger partial charge in [-0.05, 0) is 23.8 Å². The van der Waals surface area contributed by atoms with Crippen LogP contribution in [0.2, 0.25) is 0 Å². The van der Waals surface area contributed by atoms with Gasteiger partial charge in [0.15, 0.2) is 0 Å².